The average Bonchev–Trinajstić information content (AvgIpc) is 3.89. The fourth-order valence-corrected chi connectivity index (χ4v) is 10.9. The summed E-state index contributed by atoms with van der Waals surface area (Å²) in [5.41, 5.74) is 20.8. The molecule has 0 spiro atoms. The van der Waals surface area contributed by atoms with Crippen LogP contribution in [0.25, 0.3) is 55.8 Å². The molecule has 69 heavy (non-hydrogen) atoms. The van der Waals surface area contributed by atoms with Crippen molar-refractivity contribution in [3.05, 3.63) is 282 Å². The zero-order valence-corrected chi connectivity index (χ0v) is 39.0. The van der Waals surface area contributed by atoms with Gasteiger partial charge < -0.3 is 14.2 Å². The van der Waals surface area contributed by atoms with E-state index in [1.807, 2.05) is 30.3 Å². The Morgan fingerprint density at radius 3 is 1.84 bits per heavy atom. The Kier molecular flexibility index (Phi) is 10.2. The lowest BCUT2D eigenvalue weighted by Gasteiger charge is -2.35. The van der Waals surface area contributed by atoms with Crippen molar-refractivity contribution in [1.29, 1.82) is 0 Å². The molecule has 3 nitrogen and oxygen atoms in total. The molecule has 11 aromatic rings. The highest BCUT2D eigenvalue weighted by atomic mass is 16.5. The third kappa shape index (κ3) is 6.97. The van der Waals surface area contributed by atoms with Crippen molar-refractivity contribution in [2.24, 2.45) is 0 Å². The monoisotopic (exact) mass is 886 g/mol. The topological polar surface area (TPSA) is 17.4 Å². The van der Waals surface area contributed by atoms with Gasteiger partial charge in [-0.25, -0.2) is 0 Å². The minimum atomic E-state index is -0.608. The van der Waals surface area contributed by atoms with E-state index in [0.29, 0.717) is 0 Å². The van der Waals surface area contributed by atoms with Crippen molar-refractivity contribution < 1.29 is 4.74 Å². The Labute approximate surface area is 404 Å². The van der Waals surface area contributed by atoms with Crippen molar-refractivity contribution in [2.75, 3.05) is 4.90 Å². The number of nitrogens with zero attached hydrogens (tertiary/aromatic N) is 2. The maximum absolute atomic E-state index is 6.40. The van der Waals surface area contributed by atoms with Gasteiger partial charge in [-0.05, 0) is 173 Å². The van der Waals surface area contributed by atoms with E-state index in [2.05, 4.69) is 243 Å². The van der Waals surface area contributed by atoms with E-state index in [1.165, 1.54) is 83.0 Å². The lowest BCUT2D eigenvalue weighted by atomic mass is 9.67. The highest BCUT2D eigenvalue weighted by Crippen LogP contribution is 2.57. The van der Waals surface area contributed by atoms with E-state index in [-0.39, 0.29) is 0 Å². The lowest BCUT2D eigenvalue weighted by molar-refractivity contribution is 0.482. The smallest absolute Gasteiger partial charge is 0.127 e. The van der Waals surface area contributed by atoms with Crippen LogP contribution in [0.1, 0.15) is 44.5 Å². The van der Waals surface area contributed by atoms with Crippen LogP contribution in [0.2, 0.25) is 0 Å². The molecule has 0 N–H and O–H groups in total. The van der Waals surface area contributed by atoms with Gasteiger partial charge in [-0.3, -0.25) is 0 Å². The van der Waals surface area contributed by atoms with E-state index < -0.39 is 5.41 Å². The summed E-state index contributed by atoms with van der Waals surface area (Å²) in [7, 11) is 0. The fourth-order valence-electron chi connectivity index (χ4n) is 10.9. The Hall–Kier alpha value is -8.66. The van der Waals surface area contributed by atoms with E-state index in [4.69, 9.17) is 4.74 Å². The second-order valence-electron chi connectivity index (χ2n) is 18.3. The van der Waals surface area contributed by atoms with Crippen molar-refractivity contribution in [3.63, 3.8) is 0 Å². The quantitative estimate of drug-likeness (QED) is 0.136. The number of anilines is 3. The van der Waals surface area contributed by atoms with Gasteiger partial charge in [0.25, 0.3) is 0 Å². The molecular weight excluding hydrogens is 837 g/mol. The first-order valence-corrected chi connectivity index (χ1v) is 23.8. The van der Waals surface area contributed by atoms with Gasteiger partial charge in [0, 0.05) is 33.5 Å². The average molecular weight is 887 g/mol. The molecule has 10 aromatic carbocycles. The maximum Gasteiger partial charge on any atom is 0.127 e. The van der Waals surface area contributed by atoms with Crippen LogP contribution in [0, 0.1) is 20.8 Å². The molecule has 1 aliphatic rings. The number of aryl methyl sites for hydroxylation is 3. The summed E-state index contributed by atoms with van der Waals surface area (Å²) in [6, 6.07) is 83.9. The highest BCUT2D eigenvalue weighted by Gasteiger charge is 2.46. The second-order valence-corrected chi connectivity index (χ2v) is 18.3. The standard InChI is InChI=1S/C66H50N2O/c1-5-47-26-34-54(35-27-47)69-55-36-29-50(30-37-55)66(49-16-8-6-9-17-49)61-22-14-12-20-56(61)57-38-33-53(43-62(57)66)67(52-31-24-44(2)25-32-52)65-41-45(3)59(40-46(65)4)48-28-39-64-60(42-48)58-21-13-15-23-63(58)68(64)51-18-10-7-11-19-51/h5-43H,1H2,2-4H3. The van der Waals surface area contributed by atoms with E-state index in [0.717, 1.165) is 39.8 Å². The summed E-state index contributed by atoms with van der Waals surface area (Å²) in [6.07, 6.45) is 1.84. The van der Waals surface area contributed by atoms with Crippen molar-refractivity contribution in [2.45, 2.75) is 26.2 Å². The molecule has 0 aliphatic heterocycles. The molecule has 1 unspecified atom stereocenters. The highest BCUT2D eigenvalue weighted by molar-refractivity contribution is 6.10. The molecule has 3 heteroatoms. The molecule has 0 fully saturated rings. The first-order valence-electron chi connectivity index (χ1n) is 23.8. The third-order valence-corrected chi connectivity index (χ3v) is 14.2. The van der Waals surface area contributed by atoms with Crippen LogP contribution in [-0.4, -0.2) is 4.57 Å². The van der Waals surface area contributed by atoms with Crippen LogP contribution < -0.4 is 9.64 Å². The van der Waals surface area contributed by atoms with Gasteiger partial charge in [-0.1, -0.05) is 158 Å². The molecule has 0 bridgehead atoms. The van der Waals surface area contributed by atoms with E-state index in [1.54, 1.807) is 0 Å². The minimum absolute atomic E-state index is 0.608. The Morgan fingerprint density at radius 2 is 1.09 bits per heavy atom. The minimum Gasteiger partial charge on any atom is -0.457 e. The van der Waals surface area contributed by atoms with E-state index >= 15 is 0 Å². The number of fused-ring (bicyclic) bond motifs is 6. The summed E-state index contributed by atoms with van der Waals surface area (Å²) in [6.45, 7) is 10.6. The zero-order chi connectivity index (χ0) is 46.6. The Bertz CT molecular complexity index is 3720. The number of ether oxygens (including phenoxy) is 1. The summed E-state index contributed by atoms with van der Waals surface area (Å²) < 4.78 is 8.78. The van der Waals surface area contributed by atoms with Crippen LogP contribution >= 0.6 is 0 Å². The molecule has 1 atom stereocenters. The molecule has 0 saturated carbocycles. The summed E-state index contributed by atoms with van der Waals surface area (Å²) in [5, 5.41) is 2.50. The molecule has 1 aromatic heterocycles. The van der Waals surface area contributed by atoms with Gasteiger partial charge >= 0.3 is 0 Å². The van der Waals surface area contributed by atoms with Gasteiger partial charge in [0.1, 0.15) is 11.5 Å². The number of para-hydroxylation sites is 2. The van der Waals surface area contributed by atoms with Crippen LogP contribution in [0.15, 0.2) is 237 Å². The Morgan fingerprint density at radius 1 is 0.464 bits per heavy atom. The van der Waals surface area contributed by atoms with Crippen LogP contribution in [0.3, 0.4) is 0 Å². The number of benzene rings is 10. The first kappa shape index (κ1) is 41.7. The molecule has 1 heterocycles. The molecular formula is C66H50N2O. The van der Waals surface area contributed by atoms with Gasteiger partial charge in [0.2, 0.25) is 0 Å². The third-order valence-electron chi connectivity index (χ3n) is 14.2. The van der Waals surface area contributed by atoms with E-state index in [9.17, 15) is 0 Å². The van der Waals surface area contributed by atoms with Crippen molar-refractivity contribution >= 4 is 44.9 Å². The SMILES string of the molecule is C=Cc1ccc(Oc2ccc(C3(c4ccccc4)c4ccccc4-c4ccc(N(c5ccc(C)cc5)c5cc(C)c(-c6ccc7c(c6)c6ccccc6n7-c6ccccc6)cc5C)cc43)cc2)cc1. The number of hydrogen-bond acceptors (Lipinski definition) is 2. The summed E-state index contributed by atoms with van der Waals surface area (Å²) in [5.74, 6) is 1.57. The molecule has 0 amide bonds. The molecule has 0 saturated heterocycles. The fraction of sp³-hybridized carbons (Fsp3) is 0.0606. The molecule has 0 radical (unpaired) electrons. The second kappa shape index (κ2) is 16.9. The first-order chi connectivity index (χ1) is 33.9. The Balaban J connectivity index is 1.00. The summed E-state index contributed by atoms with van der Waals surface area (Å²) in [4.78, 5) is 2.45. The van der Waals surface area contributed by atoms with Gasteiger partial charge in [0.05, 0.1) is 16.4 Å². The molecule has 12 rings (SSSR count). The normalized spacial score (nSPS) is 13.8. The number of hydrogen-bond donors (Lipinski definition) is 0. The largest absolute Gasteiger partial charge is 0.457 e. The van der Waals surface area contributed by atoms with Crippen LogP contribution in [0.4, 0.5) is 17.1 Å². The zero-order valence-electron chi connectivity index (χ0n) is 39.0. The van der Waals surface area contributed by atoms with Gasteiger partial charge in [-0.2, -0.15) is 0 Å². The predicted octanol–water partition coefficient (Wildman–Crippen LogP) is 17.6. The maximum atomic E-state index is 6.40. The number of aromatic nitrogens is 1. The molecule has 1 aliphatic carbocycles. The van der Waals surface area contributed by atoms with Crippen LogP contribution in [-0.2, 0) is 5.41 Å². The summed E-state index contributed by atoms with van der Waals surface area (Å²) >= 11 is 0. The van der Waals surface area contributed by atoms with Crippen molar-refractivity contribution in [1.82, 2.24) is 4.57 Å². The van der Waals surface area contributed by atoms with Gasteiger partial charge in [-0.15, -0.1) is 0 Å². The lowest BCUT2D eigenvalue weighted by Crippen LogP contribution is -2.28. The van der Waals surface area contributed by atoms with Gasteiger partial charge in [0.15, 0.2) is 0 Å². The number of rotatable bonds is 10. The molecule has 330 valence electrons. The predicted molar refractivity (Wildman–Crippen MR) is 289 cm³/mol. The van der Waals surface area contributed by atoms with Crippen LogP contribution in [0.5, 0.6) is 11.5 Å². The van der Waals surface area contributed by atoms with Crippen molar-refractivity contribution in [3.8, 4) is 39.4 Å².